The normalized spacial score (nSPS) is 13.7. The summed E-state index contributed by atoms with van der Waals surface area (Å²) in [4.78, 5) is 27.5. The summed E-state index contributed by atoms with van der Waals surface area (Å²) < 4.78 is 27.0. The van der Waals surface area contributed by atoms with Crippen LogP contribution in [0.3, 0.4) is 0 Å². The summed E-state index contributed by atoms with van der Waals surface area (Å²) in [5, 5.41) is 11.1. The van der Waals surface area contributed by atoms with Gasteiger partial charge in [-0.15, -0.1) is 0 Å². The molecule has 1 aromatic carbocycles. The molecule has 1 aliphatic rings. The highest BCUT2D eigenvalue weighted by Gasteiger charge is 2.26. The van der Waals surface area contributed by atoms with Gasteiger partial charge in [0.05, 0.1) is 30.1 Å². The van der Waals surface area contributed by atoms with Crippen LogP contribution in [0.25, 0.3) is 0 Å². The fourth-order valence-electron chi connectivity index (χ4n) is 3.31. The third kappa shape index (κ3) is 5.15. The lowest BCUT2D eigenvalue weighted by Crippen LogP contribution is -2.41. The molecule has 174 valence electrons. The van der Waals surface area contributed by atoms with Gasteiger partial charge in [0.2, 0.25) is 0 Å². The summed E-state index contributed by atoms with van der Waals surface area (Å²) in [6.45, 7) is 4.22. The lowest BCUT2D eigenvalue weighted by Gasteiger charge is -2.27. The Morgan fingerprint density at radius 1 is 1.27 bits per heavy atom. The highest BCUT2D eigenvalue weighted by molar-refractivity contribution is 6.30. The van der Waals surface area contributed by atoms with Crippen LogP contribution in [0.5, 0.6) is 5.75 Å². The Bertz CT molecular complexity index is 1160. The Morgan fingerprint density at radius 3 is 2.79 bits per heavy atom. The third-order valence-corrected chi connectivity index (χ3v) is 5.31. The fraction of sp³-hybridized carbons (Fsp3) is 0.333. The smallest absolute Gasteiger partial charge is 0.276 e. The van der Waals surface area contributed by atoms with E-state index in [1.54, 1.807) is 15.8 Å². The quantitative estimate of drug-likeness (QED) is 0.562. The van der Waals surface area contributed by atoms with E-state index >= 15 is 0 Å². The van der Waals surface area contributed by atoms with E-state index in [-0.39, 0.29) is 23.4 Å². The van der Waals surface area contributed by atoms with Crippen molar-refractivity contribution >= 4 is 29.1 Å². The highest BCUT2D eigenvalue weighted by Crippen LogP contribution is 2.22. The van der Waals surface area contributed by atoms with Crippen LogP contribution in [-0.4, -0.2) is 62.6 Å². The van der Waals surface area contributed by atoms with Gasteiger partial charge in [-0.3, -0.25) is 14.3 Å². The number of morpholine rings is 1. The molecule has 0 unspecified atom stereocenters. The fourth-order valence-corrected chi connectivity index (χ4v) is 3.48. The maximum atomic E-state index is 13.3. The predicted molar refractivity (Wildman–Crippen MR) is 117 cm³/mol. The van der Waals surface area contributed by atoms with Crippen molar-refractivity contribution < 1.29 is 23.5 Å². The number of ether oxygens (including phenoxy) is 2. The number of halogens is 2. The molecule has 2 aromatic heterocycles. The summed E-state index contributed by atoms with van der Waals surface area (Å²) in [5.41, 5.74) is 0.749. The molecule has 0 atom stereocenters. The standard InChI is InChI=1S/C21H22ClFN6O4/c1-2-29-19(21(31)27-7-9-32-10-8-27)18(12-24-29)25-20(30)17-5-6-28(26-17)13-33-14-3-4-16(23)15(22)11-14/h3-6,11-12H,2,7-10,13H2,1H3,(H,25,30). The maximum Gasteiger partial charge on any atom is 0.276 e. The molecule has 10 nitrogen and oxygen atoms in total. The van der Waals surface area contributed by atoms with Crippen LogP contribution in [0, 0.1) is 5.82 Å². The molecule has 33 heavy (non-hydrogen) atoms. The van der Waals surface area contributed by atoms with Crippen molar-refractivity contribution in [3.63, 3.8) is 0 Å². The zero-order valence-corrected chi connectivity index (χ0v) is 18.6. The van der Waals surface area contributed by atoms with Crippen LogP contribution in [0.1, 0.15) is 27.9 Å². The van der Waals surface area contributed by atoms with Crippen molar-refractivity contribution in [3.8, 4) is 5.75 Å². The molecule has 0 aliphatic carbocycles. The van der Waals surface area contributed by atoms with Gasteiger partial charge >= 0.3 is 0 Å². The number of anilines is 1. The van der Waals surface area contributed by atoms with Gasteiger partial charge in [0.25, 0.3) is 11.8 Å². The molecule has 1 N–H and O–H groups in total. The molecule has 1 aliphatic heterocycles. The van der Waals surface area contributed by atoms with Gasteiger partial charge in [-0.1, -0.05) is 11.6 Å². The van der Waals surface area contributed by atoms with Crippen LogP contribution in [0.4, 0.5) is 10.1 Å². The van der Waals surface area contributed by atoms with Gasteiger partial charge in [0.15, 0.2) is 12.4 Å². The number of amides is 2. The average Bonchev–Trinajstić information content (AvgIpc) is 3.47. The van der Waals surface area contributed by atoms with Crippen molar-refractivity contribution in [2.45, 2.75) is 20.2 Å². The molecule has 3 aromatic rings. The van der Waals surface area contributed by atoms with Gasteiger partial charge in [0, 0.05) is 31.9 Å². The topological polar surface area (TPSA) is 104 Å². The molecule has 2 amide bonds. The summed E-state index contributed by atoms with van der Waals surface area (Å²) in [5.74, 6) is -0.892. The first-order valence-electron chi connectivity index (χ1n) is 10.3. The van der Waals surface area contributed by atoms with E-state index in [4.69, 9.17) is 21.1 Å². The summed E-state index contributed by atoms with van der Waals surface area (Å²) in [6, 6.07) is 5.51. The number of aromatic nitrogens is 4. The SMILES string of the molecule is CCn1ncc(NC(=O)c2ccn(COc3ccc(F)c(Cl)c3)n2)c1C(=O)N1CCOCC1. The monoisotopic (exact) mass is 476 g/mol. The molecular weight excluding hydrogens is 455 g/mol. The Hall–Kier alpha value is -3.44. The number of hydrogen-bond acceptors (Lipinski definition) is 6. The molecule has 0 spiro atoms. The van der Waals surface area contributed by atoms with Gasteiger partial charge in [-0.25, -0.2) is 9.07 Å². The summed E-state index contributed by atoms with van der Waals surface area (Å²) >= 11 is 5.74. The summed E-state index contributed by atoms with van der Waals surface area (Å²) in [7, 11) is 0. The second kappa shape index (κ2) is 10.0. The highest BCUT2D eigenvalue weighted by atomic mass is 35.5. The number of benzene rings is 1. The Kier molecular flexibility index (Phi) is 6.90. The van der Waals surface area contributed by atoms with Gasteiger partial charge in [-0.05, 0) is 25.1 Å². The van der Waals surface area contributed by atoms with E-state index in [9.17, 15) is 14.0 Å². The first-order chi connectivity index (χ1) is 16.0. The molecule has 4 rings (SSSR count). The van der Waals surface area contributed by atoms with Crippen LogP contribution >= 0.6 is 11.6 Å². The van der Waals surface area contributed by atoms with E-state index in [2.05, 4.69) is 15.5 Å². The van der Waals surface area contributed by atoms with Crippen LogP contribution in [0.2, 0.25) is 5.02 Å². The van der Waals surface area contributed by atoms with Crippen LogP contribution in [-0.2, 0) is 18.0 Å². The van der Waals surface area contributed by atoms with Gasteiger partial charge in [0.1, 0.15) is 17.3 Å². The molecule has 0 saturated carbocycles. The summed E-state index contributed by atoms with van der Waals surface area (Å²) in [6.07, 6.45) is 3.02. The van der Waals surface area contributed by atoms with E-state index < -0.39 is 11.7 Å². The van der Waals surface area contributed by atoms with Crippen molar-refractivity contribution in [2.24, 2.45) is 0 Å². The average molecular weight is 477 g/mol. The van der Waals surface area contributed by atoms with E-state index in [1.165, 1.54) is 35.1 Å². The van der Waals surface area contributed by atoms with Crippen LogP contribution in [0.15, 0.2) is 36.7 Å². The molecular formula is C21H22ClFN6O4. The van der Waals surface area contributed by atoms with Crippen molar-refractivity contribution in [1.29, 1.82) is 0 Å². The second-order valence-corrected chi connectivity index (χ2v) is 7.58. The molecule has 1 saturated heterocycles. The first-order valence-corrected chi connectivity index (χ1v) is 10.7. The largest absolute Gasteiger partial charge is 0.471 e. The van der Waals surface area contributed by atoms with E-state index in [0.29, 0.717) is 50.0 Å². The van der Waals surface area contributed by atoms with E-state index in [0.717, 1.165) is 0 Å². The molecule has 3 heterocycles. The van der Waals surface area contributed by atoms with Crippen LogP contribution < -0.4 is 10.1 Å². The van der Waals surface area contributed by atoms with Crippen molar-refractivity contribution in [2.75, 3.05) is 31.6 Å². The van der Waals surface area contributed by atoms with Crippen molar-refractivity contribution in [3.05, 3.63) is 58.9 Å². The Labute approximate surface area is 193 Å². The number of aryl methyl sites for hydroxylation is 1. The lowest BCUT2D eigenvalue weighted by molar-refractivity contribution is 0.0295. The third-order valence-electron chi connectivity index (χ3n) is 5.02. The number of carbonyl (C=O) groups excluding carboxylic acids is 2. The Balaban J connectivity index is 1.43. The number of hydrogen-bond donors (Lipinski definition) is 1. The second-order valence-electron chi connectivity index (χ2n) is 7.17. The zero-order chi connectivity index (χ0) is 23.4. The number of nitrogens with zero attached hydrogens (tertiary/aromatic N) is 5. The molecule has 12 heteroatoms. The number of carbonyl (C=O) groups is 2. The molecule has 0 bridgehead atoms. The van der Waals surface area contributed by atoms with Crippen molar-refractivity contribution in [1.82, 2.24) is 24.5 Å². The van der Waals surface area contributed by atoms with Gasteiger partial charge < -0.3 is 19.7 Å². The molecule has 0 radical (unpaired) electrons. The van der Waals surface area contributed by atoms with Gasteiger partial charge in [-0.2, -0.15) is 10.2 Å². The minimum Gasteiger partial charge on any atom is -0.471 e. The minimum atomic E-state index is -0.542. The first kappa shape index (κ1) is 22.7. The lowest BCUT2D eigenvalue weighted by atomic mass is 10.2. The zero-order valence-electron chi connectivity index (χ0n) is 17.8. The van der Waals surface area contributed by atoms with E-state index in [1.807, 2.05) is 6.92 Å². The molecule has 1 fully saturated rings. The number of nitrogens with one attached hydrogen (secondary N) is 1. The Morgan fingerprint density at radius 2 is 2.06 bits per heavy atom. The maximum absolute atomic E-state index is 13.3. The minimum absolute atomic E-state index is 0.0101. The predicted octanol–water partition coefficient (Wildman–Crippen LogP) is 2.65. The number of rotatable bonds is 7.